The van der Waals surface area contributed by atoms with Crippen molar-refractivity contribution in [2.24, 2.45) is 5.73 Å². The molecule has 0 aromatic carbocycles. The molecule has 0 spiro atoms. The molecule has 0 aromatic rings. The molecule has 3 rings (SSSR count). The second-order valence-electron chi connectivity index (χ2n) is 6.83. The van der Waals surface area contributed by atoms with Crippen LogP contribution in [0, 0.1) is 0 Å². The molecule has 2 aliphatic heterocycles. The number of fused-ring (bicyclic) bond motifs is 1. The highest BCUT2D eigenvalue weighted by Crippen LogP contribution is 2.41. The summed E-state index contributed by atoms with van der Waals surface area (Å²) in [6.07, 6.45) is 11.1. The van der Waals surface area contributed by atoms with Crippen LogP contribution in [0.3, 0.4) is 0 Å². The van der Waals surface area contributed by atoms with Crippen molar-refractivity contribution in [3.05, 3.63) is 0 Å². The van der Waals surface area contributed by atoms with Crippen molar-refractivity contribution < 1.29 is 0 Å². The minimum Gasteiger partial charge on any atom is -0.329 e. The lowest BCUT2D eigenvalue weighted by atomic mass is 9.82. The summed E-state index contributed by atoms with van der Waals surface area (Å²) < 4.78 is 0. The van der Waals surface area contributed by atoms with Gasteiger partial charge >= 0.3 is 0 Å². The van der Waals surface area contributed by atoms with Gasteiger partial charge in [0.25, 0.3) is 0 Å². The summed E-state index contributed by atoms with van der Waals surface area (Å²) in [4.78, 5) is 5.57. The minimum absolute atomic E-state index is 0.296. The van der Waals surface area contributed by atoms with Crippen LogP contribution >= 0.6 is 0 Å². The van der Waals surface area contributed by atoms with Crippen LogP contribution in [-0.2, 0) is 0 Å². The van der Waals surface area contributed by atoms with Crippen molar-refractivity contribution in [3.63, 3.8) is 0 Å². The van der Waals surface area contributed by atoms with Crippen LogP contribution in [0.1, 0.15) is 58.3 Å². The Morgan fingerprint density at radius 3 is 2.53 bits per heavy atom. The summed E-state index contributed by atoms with van der Waals surface area (Å²) >= 11 is 0. The van der Waals surface area contributed by atoms with E-state index in [9.17, 15) is 0 Å². The Hall–Kier alpha value is -0.120. The normalized spacial score (nSPS) is 37.1. The van der Waals surface area contributed by atoms with E-state index in [1.807, 2.05) is 0 Å². The predicted octanol–water partition coefficient (Wildman–Crippen LogP) is 2.21. The quantitative estimate of drug-likeness (QED) is 0.846. The van der Waals surface area contributed by atoms with Crippen molar-refractivity contribution >= 4 is 0 Å². The second-order valence-corrected chi connectivity index (χ2v) is 6.83. The number of rotatable bonds is 4. The predicted molar refractivity (Wildman–Crippen MR) is 80.3 cm³/mol. The molecule has 3 heteroatoms. The molecule has 3 nitrogen and oxygen atoms in total. The molecule has 2 atom stereocenters. The van der Waals surface area contributed by atoms with Gasteiger partial charge in [0.2, 0.25) is 0 Å². The molecule has 1 aliphatic carbocycles. The number of hydrogen-bond donors (Lipinski definition) is 1. The van der Waals surface area contributed by atoms with Crippen molar-refractivity contribution in [2.75, 3.05) is 26.2 Å². The molecule has 3 fully saturated rings. The highest BCUT2D eigenvalue weighted by atomic mass is 15.3. The van der Waals surface area contributed by atoms with Crippen LogP contribution in [0.2, 0.25) is 0 Å². The second kappa shape index (κ2) is 5.71. The maximum atomic E-state index is 6.35. The van der Waals surface area contributed by atoms with Gasteiger partial charge in [-0.25, -0.2) is 0 Å². The monoisotopic (exact) mass is 265 g/mol. The Morgan fingerprint density at radius 2 is 1.84 bits per heavy atom. The fraction of sp³-hybridized carbons (Fsp3) is 1.00. The van der Waals surface area contributed by atoms with E-state index in [0.29, 0.717) is 5.54 Å². The Labute approximate surface area is 118 Å². The molecule has 0 aromatic heterocycles. The van der Waals surface area contributed by atoms with Gasteiger partial charge in [-0.15, -0.1) is 0 Å². The highest BCUT2D eigenvalue weighted by molar-refractivity contribution is 5.10. The first kappa shape index (κ1) is 13.8. The molecule has 1 saturated carbocycles. The summed E-state index contributed by atoms with van der Waals surface area (Å²) in [6, 6.07) is 1.56. The molecule has 19 heavy (non-hydrogen) atoms. The molecule has 3 aliphatic rings. The molecular weight excluding hydrogens is 234 g/mol. The lowest BCUT2D eigenvalue weighted by Gasteiger charge is -2.49. The zero-order chi connectivity index (χ0) is 13.3. The first-order valence-corrected chi connectivity index (χ1v) is 8.52. The van der Waals surface area contributed by atoms with E-state index >= 15 is 0 Å². The van der Waals surface area contributed by atoms with Gasteiger partial charge in [0.1, 0.15) is 0 Å². The molecule has 2 unspecified atom stereocenters. The van der Waals surface area contributed by atoms with Gasteiger partial charge in [0.15, 0.2) is 0 Å². The Balaban J connectivity index is 1.84. The first-order chi connectivity index (χ1) is 9.31. The van der Waals surface area contributed by atoms with E-state index in [1.54, 1.807) is 0 Å². The van der Waals surface area contributed by atoms with Gasteiger partial charge in [-0.3, -0.25) is 9.80 Å². The van der Waals surface area contributed by atoms with E-state index < -0.39 is 0 Å². The van der Waals surface area contributed by atoms with Gasteiger partial charge in [-0.05, 0) is 45.2 Å². The molecule has 0 radical (unpaired) electrons. The van der Waals surface area contributed by atoms with Crippen molar-refractivity contribution in [3.8, 4) is 0 Å². The van der Waals surface area contributed by atoms with Gasteiger partial charge in [-0.2, -0.15) is 0 Å². The zero-order valence-corrected chi connectivity index (χ0v) is 12.6. The number of nitrogens with two attached hydrogens (primary N) is 1. The van der Waals surface area contributed by atoms with Gasteiger partial charge in [0, 0.05) is 25.2 Å². The Bertz CT molecular complexity index is 300. The van der Waals surface area contributed by atoms with Crippen LogP contribution in [0.25, 0.3) is 0 Å². The fourth-order valence-corrected chi connectivity index (χ4v) is 5.21. The number of hydrogen-bond acceptors (Lipinski definition) is 3. The summed E-state index contributed by atoms with van der Waals surface area (Å²) in [5.41, 5.74) is 6.65. The fourth-order valence-electron chi connectivity index (χ4n) is 5.21. The van der Waals surface area contributed by atoms with Gasteiger partial charge in [0.05, 0.1) is 5.54 Å². The van der Waals surface area contributed by atoms with Crippen molar-refractivity contribution in [1.82, 2.24) is 9.80 Å². The molecule has 0 bridgehead atoms. The molecule has 2 heterocycles. The zero-order valence-electron chi connectivity index (χ0n) is 12.6. The van der Waals surface area contributed by atoms with Crippen molar-refractivity contribution in [2.45, 2.75) is 75.9 Å². The minimum atomic E-state index is 0.296. The number of nitrogens with zero attached hydrogens (tertiary/aromatic N) is 2. The summed E-state index contributed by atoms with van der Waals surface area (Å²) in [7, 11) is 0. The van der Waals surface area contributed by atoms with Crippen LogP contribution < -0.4 is 5.73 Å². The molecule has 2 saturated heterocycles. The standard InChI is InChI=1S/C16H31N3/c1-2-19(14-7-3-4-8-14)16(13-17)10-12-18-11-6-5-9-15(16)18/h14-15H,2-13,17H2,1H3. The van der Waals surface area contributed by atoms with Crippen LogP contribution in [0.5, 0.6) is 0 Å². The molecule has 2 N–H and O–H groups in total. The molecule has 110 valence electrons. The lowest BCUT2D eigenvalue weighted by molar-refractivity contribution is 0.0115. The molecule has 0 amide bonds. The lowest BCUT2D eigenvalue weighted by Crippen LogP contribution is -2.64. The number of piperidine rings is 1. The topological polar surface area (TPSA) is 32.5 Å². The summed E-state index contributed by atoms with van der Waals surface area (Å²) in [5, 5.41) is 0. The largest absolute Gasteiger partial charge is 0.329 e. The van der Waals surface area contributed by atoms with E-state index in [-0.39, 0.29) is 0 Å². The first-order valence-electron chi connectivity index (χ1n) is 8.52. The highest BCUT2D eigenvalue weighted by Gasteiger charge is 2.51. The Morgan fingerprint density at radius 1 is 1.11 bits per heavy atom. The third kappa shape index (κ3) is 2.24. The summed E-state index contributed by atoms with van der Waals surface area (Å²) in [5.74, 6) is 0. The van der Waals surface area contributed by atoms with E-state index in [0.717, 1.165) is 18.6 Å². The maximum Gasteiger partial charge on any atom is 0.0501 e. The maximum absolute atomic E-state index is 6.35. The average molecular weight is 265 g/mol. The SMILES string of the molecule is CCN(C1CCCC1)C1(CN)CCN2CCCCC21. The van der Waals surface area contributed by atoms with Gasteiger partial charge < -0.3 is 5.73 Å². The van der Waals surface area contributed by atoms with Crippen molar-refractivity contribution in [1.29, 1.82) is 0 Å². The van der Waals surface area contributed by atoms with E-state index in [1.165, 1.54) is 71.0 Å². The van der Waals surface area contributed by atoms with Gasteiger partial charge in [-0.1, -0.05) is 26.2 Å². The van der Waals surface area contributed by atoms with E-state index in [4.69, 9.17) is 5.73 Å². The van der Waals surface area contributed by atoms with Crippen LogP contribution in [0.15, 0.2) is 0 Å². The third-order valence-electron chi connectivity index (χ3n) is 6.10. The smallest absolute Gasteiger partial charge is 0.0501 e. The number of likely N-dealkylation sites (N-methyl/N-ethyl adjacent to an activating group) is 1. The summed E-state index contributed by atoms with van der Waals surface area (Å²) in [6.45, 7) is 6.99. The Kier molecular flexibility index (Phi) is 4.16. The molecular formula is C16H31N3. The average Bonchev–Trinajstić information content (AvgIpc) is 3.09. The van der Waals surface area contributed by atoms with Crippen LogP contribution in [-0.4, -0.2) is 53.6 Å². The van der Waals surface area contributed by atoms with Crippen LogP contribution in [0.4, 0.5) is 0 Å². The third-order valence-corrected chi connectivity index (χ3v) is 6.10. The van der Waals surface area contributed by atoms with E-state index in [2.05, 4.69) is 16.7 Å².